The summed E-state index contributed by atoms with van der Waals surface area (Å²) in [5.41, 5.74) is 4.17. The van der Waals surface area contributed by atoms with Gasteiger partial charge in [-0.15, -0.1) is 0 Å². The van der Waals surface area contributed by atoms with Crippen molar-refractivity contribution in [3.05, 3.63) is 34.6 Å². The predicted molar refractivity (Wildman–Crippen MR) is 103 cm³/mol. The Morgan fingerprint density at radius 3 is 2.27 bits per heavy atom. The van der Waals surface area contributed by atoms with Crippen LogP contribution in [0.4, 0.5) is 11.4 Å². The third kappa shape index (κ3) is 3.14. The zero-order chi connectivity index (χ0) is 19.2. The number of amides is 1. The molecule has 2 heterocycles. The molecule has 0 spiro atoms. The number of carbonyl (C=O) groups is 1. The second-order valence-corrected chi connectivity index (χ2v) is 8.52. The molecular weight excluding hydrogens is 352 g/mol. The van der Waals surface area contributed by atoms with E-state index >= 15 is 0 Å². The van der Waals surface area contributed by atoms with E-state index in [1.54, 1.807) is 37.4 Å². The summed E-state index contributed by atoms with van der Waals surface area (Å²) in [4.78, 5) is 14.1. The Labute approximate surface area is 154 Å². The number of nitrogens with one attached hydrogen (secondary N) is 1. The average molecular weight is 377 g/mol. The molecule has 1 aromatic carbocycles. The number of carbonyl (C=O) groups excluding carboxylic acids is 1. The maximum absolute atomic E-state index is 13.1. The van der Waals surface area contributed by atoms with E-state index in [0.717, 1.165) is 17.8 Å². The quantitative estimate of drug-likeness (QED) is 0.802. The average Bonchev–Trinajstić information content (AvgIpc) is 3.05. The highest BCUT2D eigenvalue weighted by Gasteiger charge is 2.36. The standard InChI is InChI=1S/C18H24N4O3S/c1-11-9-15(22-8-6-7-16(22)23)10-12(2)18(11)26(24,25)20-17-13(3)19-21(5)14(17)4/h9-10H,6-8H2,1-5H3,(H-,20,24,25)/p+1. The van der Waals surface area contributed by atoms with Crippen molar-refractivity contribution in [2.45, 2.75) is 45.4 Å². The second kappa shape index (κ2) is 6.51. The van der Waals surface area contributed by atoms with Gasteiger partial charge in [0.15, 0.2) is 0 Å². The van der Waals surface area contributed by atoms with Gasteiger partial charge in [-0.25, -0.2) is 0 Å². The molecule has 8 heteroatoms. The van der Waals surface area contributed by atoms with Crippen molar-refractivity contribution in [1.82, 2.24) is 9.78 Å². The molecule has 1 fully saturated rings. The van der Waals surface area contributed by atoms with Crippen LogP contribution in [0.3, 0.4) is 0 Å². The molecule has 1 aliphatic rings. The minimum atomic E-state index is -3.52. The van der Waals surface area contributed by atoms with Gasteiger partial charge in [0.2, 0.25) is 10.8 Å². The van der Waals surface area contributed by atoms with E-state index in [1.807, 2.05) is 19.1 Å². The van der Waals surface area contributed by atoms with Crippen LogP contribution >= 0.6 is 0 Å². The maximum atomic E-state index is 13.1. The van der Waals surface area contributed by atoms with Gasteiger partial charge in [-0.3, -0.25) is 9.48 Å². The van der Waals surface area contributed by atoms with Crippen LogP contribution in [0.1, 0.15) is 35.4 Å². The molecule has 26 heavy (non-hydrogen) atoms. The summed E-state index contributed by atoms with van der Waals surface area (Å²) in [5.74, 6) is 0.0982. The molecule has 0 aliphatic carbocycles. The van der Waals surface area contributed by atoms with Gasteiger partial charge in [-0.1, -0.05) is 0 Å². The summed E-state index contributed by atoms with van der Waals surface area (Å²) in [7, 11) is -1.72. The molecule has 1 amide bonds. The van der Waals surface area contributed by atoms with Crippen LogP contribution in [0.25, 0.3) is 0 Å². The normalized spacial score (nSPS) is 16.8. The van der Waals surface area contributed by atoms with Crippen LogP contribution in [0.15, 0.2) is 17.0 Å². The van der Waals surface area contributed by atoms with Crippen molar-refractivity contribution < 1.29 is 13.6 Å². The van der Waals surface area contributed by atoms with Crippen molar-refractivity contribution in [1.29, 1.82) is 0 Å². The fourth-order valence-electron chi connectivity index (χ4n) is 3.55. The van der Waals surface area contributed by atoms with E-state index in [9.17, 15) is 13.6 Å². The molecule has 0 bridgehead atoms. The SMILES string of the molecule is Cc1cc(N2CCCC2=O)cc(C)c1[S+](=O)(O)Nc1c(C)nn(C)c1C. The lowest BCUT2D eigenvalue weighted by atomic mass is 10.1. The Hall–Kier alpha value is -2.19. The summed E-state index contributed by atoms with van der Waals surface area (Å²) in [6, 6.07) is 3.62. The molecule has 1 saturated heterocycles. The third-order valence-corrected chi connectivity index (χ3v) is 6.53. The number of aryl methyl sites for hydroxylation is 4. The second-order valence-electron chi connectivity index (χ2n) is 6.85. The summed E-state index contributed by atoms with van der Waals surface area (Å²) in [5, 5.41) is 4.28. The molecule has 0 radical (unpaired) electrons. The number of nitrogens with zero attached hydrogens (tertiary/aromatic N) is 3. The smallest absolute Gasteiger partial charge is 0.312 e. The van der Waals surface area contributed by atoms with Crippen molar-refractivity contribution in [2.24, 2.45) is 7.05 Å². The first-order valence-electron chi connectivity index (χ1n) is 8.58. The number of aromatic nitrogens is 2. The van der Waals surface area contributed by atoms with Crippen molar-refractivity contribution in [3.8, 4) is 0 Å². The molecule has 0 saturated carbocycles. The monoisotopic (exact) mass is 377 g/mol. The van der Waals surface area contributed by atoms with E-state index in [4.69, 9.17) is 0 Å². The van der Waals surface area contributed by atoms with E-state index in [-0.39, 0.29) is 5.91 Å². The van der Waals surface area contributed by atoms with Crippen molar-refractivity contribution in [3.63, 3.8) is 0 Å². The lowest BCUT2D eigenvalue weighted by Gasteiger charge is -2.19. The third-order valence-electron chi connectivity index (χ3n) is 4.86. The van der Waals surface area contributed by atoms with Gasteiger partial charge < -0.3 is 4.90 Å². The number of rotatable bonds is 4. The van der Waals surface area contributed by atoms with Gasteiger partial charge in [0.25, 0.3) is 0 Å². The van der Waals surface area contributed by atoms with Crippen LogP contribution in [-0.4, -0.2) is 26.8 Å². The van der Waals surface area contributed by atoms with E-state index < -0.39 is 10.4 Å². The molecular formula is C18H25N4O3S+. The lowest BCUT2D eigenvalue weighted by molar-refractivity contribution is -0.117. The van der Waals surface area contributed by atoms with Gasteiger partial charge in [-0.05, 0) is 50.5 Å². The van der Waals surface area contributed by atoms with Gasteiger partial charge in [0.05, 0.1) is 11.4 Å². The summed E-state index contributed by atoms with van der Waals surface area (Å²) >= 11 is 0. The largest absolute Gasteiger partial charge is 0.346 e. The van der Waals surface area contributed by atoms with Crippen LogP contribution in [0.2, 0.25) is 0 Å². The summed E-state index contributed by atoms with van der Waals surface area (Å²) in [6.45, 7) is 7.93. The Morgan fingerprint density at radius 1 is 1.19 bits per heavy atom. The number of hydrogen-bond donors (Lipinski definition) is 2. The highest BCUT2D eigenvalue weighted by Crippen LogP contribution is 2.33. The molecule has 1 unspecified atom stereocenters. The Morgan fingerprint density at radius 2 is 1.81 bits per heavy atom. The Kier molecular flexibility index (Phi) is 4.66. The molecule has 140 valence electrons. The van der Waals surface area contributed by atoms with Crippen molar-refractivity contribution in [2.75, 3.05) is 16.2 Å². The van der Waals surface area contributed by atoms with Gasteiger partial charge in [-0.2, -0.15) is 14.4 Å². The van der Waals surface area contributed by atoms with Crippen LogP contribution in [-0.2, 0) is 26.5 Å². The van der Waals surface area contributed by atoms with Gasteiger partial charge in [0.1, 0.15) is 5.69 Å². The predicted octanol–water partition coefficient (Wildman–Crippen LogP) is 3.14. The van der Waals surface area contributed by atoms with Crippen LogP contribution < -0.4 is 9.62 Å². The fourth-order valence-corrected chi connectivity index (χ4v) is 5.22. The first-order valence-corrected chi connectivity index (χ1v) is 10.1. The summed E-state index contributed by atoms with van der Waals surface area (Å²) in [6.07, 6.45) is 1.40. The molecule has 1 aromatic heterocycles. The van der Waals surface area contributed by atoms with Gasteiger partial charge in [0, 0.05) is 36.8 Å². The minimum absolute atomic E-state index is 0.0982. The number of benzene rings is 1. The highest BCUT2D eigenvalue weighted by molar-refractivity contribution is 7.99. The minimum Gasteiger partial charge on any atom is -0.312 e. The number of anilines is 2. The van der Waals surface area contributed by atoms with E-state index in [0.29, 0.717) is 40.4 Å². The lowest BCUT2D eigenvalue weighted by Crippen LogP contribution is -2.26. The maximum Gasteiger partial charge on any atom is 0.346 e. The fraction of sp³-hybridized carbons (Fsp3) is 0.444. The zero-order valence-corrected chi connectivity index (χ0v) is 16.6. The van der Waals surface area contributed by atoms with E-state index in [2.05, 4.69) is 9.82 Å². The summed E-state index contributed by atoms with van der Waals surface area (Å²) < 4.78 is 28.4. The van der Waals surface area contributed by atoms with Crippen molar-refractivity contribution >= 4 is 27.7 Å². The molecule has 2 aromatic rings. The topological polar surface area (TPSA) is 87.5 Å². The first kappa shape index (κ1) is 18.6. The Bertz CT molecular complexity index is 912. The molecule has 1 aliphatic heterocycles. The molecule has 2 N–H and O–H groups in total. The van der Waals surface area contributed by atoms with Crippen LogP contribution in [0, 0.1) is 27.7 Å². The molecule has 7 nitrogen and oxygen atoms in total. The zero-order valence-electron chi connectivity index (χ0n) is 15.8. The number of hydrogen-bond acceptors (Lipinski definition) is 3. The Balaban J connectivity index is 2.00. The highest BCUT2D eigenvalue weighted by atomic mass is 32.3. The van der Waals surface area contributed by atoms with Gasteiger partial charge >= 0.3 is 10.4 Å². The molecule has 3 rings (SSSR count). The van der Waals surface area contributed by atoms with Crippen LogP contribution in [0.5, 0.6) is 0 Å². The molecule has 1 atom stereocenters. The first-order chi connectivity index (χ1) is 12.1. The van der Waals surface area contributed by atoms with E-state index in [1.165, 1.54) is 0 Å².